The lowest BCUT2D eigenvalue weighted by Gasteiger charge is -2.09. The molecule has 0 unspecified atom stereocenters. The maximum Gasteiger partial charge on any atom is 0.224 e. The summed E-state index contributed by atoms with van der Waals surface area (Å²) in [6.07, 6.45) is 3.04. The van der Waals surface area contributed by atoms with Crippen LogP contribution in [0.4, 0.5) is 11.4 Å². The van der Waals surface area contributed by atoms with E-state index >= 15 is 0 Å². The Morgan fingerprint density at radius 2 is 2.38 bits per heavy atom. The van der Waals surface area contributed by atoms with Crippen LogP contribution in [-0.2, 0) is 4.79 Å². The van der Waals surface area contributed by atoms with Gasteiger partial charge in [0.2, 0.25) is 5.91 Å². The van der Waals surface area contributed by atoms with Gasteiger partial charge in [-0.05, 0) is 18.6 Å². The van der Waals surface area contributed by atoms with Crippen LogP contribution < -0.4 is 15.8 Å². The van der Waals surface area contributed by atoms with Crippen LogP contribution in [0.5, 0.6) is 5.75 Å². The first-order chi connectivity index (χ1) is 10.2. The summed E-state index contributed by atoms with van der Waals surface area (Å²) in [6, 6.07) is 5.20. The van der Waals surface area contributed by atoms with E-state index in [2.05, 4.69) is 10.3 Å². The van der Waals surface area contributed by atoms with E-state index in [1.54, 1.807) is 54.6 Å². The lowest BCUT2D eigenvalue weighted by atomic mass is 10.2. The van der Waals surface area contributed by atoms with E-state index in [1.165, 1.54) is 0 Å². The molecule has 5 nitrogen and oxygen atoms in total. The van der Waals surface area contributed by atoms with Gasteiger partial charge in [-0.25, -0.2) is 4.98 Å². The summed E-state index contributed by atoms with van der Waals surface area (Å²) in [7, 11) is 1.58. The van der Waals surface area contributed by atoms with E-state index in [0.717, 1.165) is 16.5 Å². The third kappa shape index (κ3) is 4.95. The smallest absolute Gasteiger partial charge is 0.224 e. The second-order valence-corrected chi connectivity index (χ2v) is 6.49. The quantitative estimate of drug-likeness (QED) is 0.465. The van der Waals surface area contributed by atoms with Crippen LogP contribution in [0.15, 0.2) is 34.1 Å². The topological polar surface area (TPSA) is 77.2 Å². The number of methoxy groups -OCH3 is 1. The molecule has 21 heavy (non-hydrogen) atoms. The minimum atomic E-state index is -0.0356. The molecule has 2 rings (SSSR count). The van der Waals surface area contributed by atoms with Crippen LogP contribution in [0.1, 0.15) is 12.8 Å². The molecule has 3 N–H and O–H groups in total. The van der Waals surface area contributed by atoms with Crippen LogP contribution >= 0.6 is 23.1 Å². The molecule has 0 atom stereocenters. The molecule has 0 aliphatic carbocycles. The van der Waals surface area contributed by atoms with Gasteiger partial charge in [-0.15, -0.1) is 11.3 Å². The fraction of sp³-hybridized carbons (Fsp3) is 0.286. The average molecular weight is 323 g/mol. The minimum absolute atomic E-state index is 0.0356. The molecule has 0 saturated heterocycles. The molecule has 1 heterocycles. The van der Waals surface area contributed by atoms with Crippen LogP contribution in [0.3, 0.4) is 0 Å². The average Bonchev–Trinajstić information content (AvgIpc) is 2.99. The zero-order valence-electron chi connectivity index (χ0n) is 11.7. The Bertz CT molecular complexity index is 588. The Balaban J connectivity index is 1.74. The zero-order chi connectivity index (χ0) is 15.1. The van der Waals surface area contributed by atoms with Crippen molar-refractivity contribution in [3.05, 3.63) is 29.8 Å². The summed E-state index contributed by atoms with van der Waals surface area (Å²) in [4.78, 5) is 16.0. The maximum absolute atomic E-state index is 11.9. The largest absolute Gasteiger partial charge is 0.497 e. The van der Waals surface area contributed by atoms with Crippen LogP contribution in [0.25, 0.3) is 0 Å². The molecule has 7 heteroatoms. The summed E-state index contributed by atoms with van der Waals surface area (Å²) >= 11 is 3.28. The second kappa shape index (κ2) is 7.90. The number of carbonyl (C=O) groups excluding carboxylic acids is 1. The Labute approximate surface area is 131 Å². The van der Waals surface area contributed by atoms with Crippen molar-refractivity contribution in [2.24, 2.45) is 0 Å². The Kier molecular flexibility index (Phi) is 5.89. The predicted molar refractivity (Wildman–Crippen MR) is 88.1 cm³/mol. The molecule has 0 bridgehead atoms. The monoisotopic (exact) mass is 323 g/mol. The standard InChI is InChI=1S/C14H17N3O2S2/c1-19-10-4-5-12(11(15)9-10)17-13(18)3-2-7-20-14-16-6-8-21-14/h4-6,8-9H,2-3,7,15H2,1H3,(H,17,18). The molecule has 0 aliphatic heterocycles. The van der Waals surface area contributed by atoms with Gasteiger partial charge in [0.25, 0.3) is 0 Å². The summed E-state index contributed by atoms with van der Waals surface area (Å²) in [5.74, 6) is 1.51. The summed E-state index contributed by atoms with van der Waals surface area (Å²) in [5, 5.41) is 4.76. The number of benzene rings is 1. The van der Waals surface area contributed by atoms with Crippen LogP contribution in [0, 0.1) is 0 Å². The van der Waals surface area contributed by atoms with Crippen molar-refractivity contribution >= 4 is 40.4 Å². The van der Waals surface area contributed by atoms with E-state index in [1.807, 2.05) is 5.38 Å². The van der Waals surface area contributed by atoms with Crippen LogP contribution in [0.2, 0.25) is 0 Å². The molecule has 1 aromatic heterocycles. The van der Waals surface area contributed by atoms with Crippen molar-refractivity contribution in [1.82, 2.24) is 4.98 Å². The fourth-order valence-electron chi connectivity index (χ4n) is 1.67. The number of ether oxygens (including phenoxy) is 1. The van der Waals surface area contributed by atoms with Crippen molar-refractivity contribution in [1.29, 1.82) is 0 Å². The van der Waals surface area contributed by atoms with Gasteiger partial charge >= 0.3 is 0 Å². The van der Waals surface area contributed by atoms with Crippen molar-refractivity contribution in [2.45, 2.75) is 17.2 Å². The highest BCUT2D eigenvalue weighted by Crippen LogP contribution is 2.25. The van der Waals surface area contributed by atoms with Crippen molar-refractivity contribution in [3.63, 3.8) is 0 Å². The molecule has 0 fully saturated rings. The third-order valence-corrected chi connectivity index (χ3v) is 4.77. The number of hydrogen-bond donors (Lipinski definition) is 2. The first kappa shape index (κ1) is 15.7. The zero-order valence-corrected chi connectivity index (χ0v) is 13.3. The highest BCUT2D eigenvalue weighted by atomic mass is 32.2. The number of thioether (sulfide) groups is 1. The fourth-order valence-corrected chi connectivity index (χ4v) is 3.32. The molecular formula is C14H17N3O2S2. The van der Waals surface area contributed by atoms with E-state index in [0.29, 0.717) is 23.5 Å². The summed E-state index contributed by atoms with van der Waals surface area (Å²) in [5.41, 5.74) is 6.98. The first-order valence-electron chi connectivity index (χ1n) is 6.44. The number of nitrogen functional groups attached to an aromatic ring is 1. The number of thiazole rings is 1. The second-order valence-electron chi connectivity index (χ2n) is 4.25. The van der Waals surface area contributed by atoms with Crippen molar-refractivity contribution < 1.29 is 9.53 Å². The number of nitrogens with two attached hydrogens (primary N) is 1. The first-order valence-corrected chi connectivity index (χ1v) is 8.31. The highest BCUT2D eigenvalue weighted by molar-refractivity contribution is 8.00. The van der Waals surface area contributed by atoms with E-state index in [9.17, 15) is 4.79 Å². The van der Waals surface area contributed by atoms with Gasteiger partial charge in [0.1, 0.15) is 10.1 Å². The molecule has 0 aliphatic rings. The van der Waals surface area contributed by atoms with E-state index < -0.39 is 0 Å². The maximum atomic E-state index is 11.9. The molecule has 0 radical (unpaired) electrons. The predicted octanol–water partition coefficient (Wildman–Crippen LogP) is 3.24. The minimum Gasteiger partial charge on any atom is -0.497 e. The van der Waals surface area contributed by atoms with Crippen molar-refractivity contribution in [2.75, 3.05) is 23.9 Å². The van der Waals surface area contributed by atoms with Crippen molar-refractivity contribution in [3.8, 4) is 5.75 Å². The Morgan fingerprint density at radius 3 is 3.05 bits per heavy atom. The lowest BCUT2D eigenvalue weighted by Crippen LogP contribution is -2.12. The van der Waals surface area contributed by atoms with Gasteiger partial charge < -0.3 is 15.8 Å². The molecular weight excluding hydrogens is 306 g/mol. The molecule has 0 spiro atoms. The number of amides is 1. The summed E-state index contributed by atoms with van der Waals surface area (Å²) in [6.45, 7) is 0. The molecule has 1 aromatic carbocycles. The van der Waals surface area contributed by atoms with E-state index in [-0.39, 0.29) is 5.91 Å². The Morgan fingerprint density at radius 1 is 1.52 bits per heavy atom. The number of aromatic nitrogens is 1. The van der Waals surface area contributed by atoms with Crippen LogP contribution in [-0.4, -0.2) is 23.8 Å². The summed E-state index contributed by atoms with van der Waals surface area (Å²) < 4.78 is 6.11. The Hall–Kier alpha value is -1.73. The number of nitrogens with one attached hydrogen (secondary N) is 1. The lowest BCUT2D eigenvalue weighted by molar-refractivity contribution is -0.116. The third-order valence-electron chi connectivity index (χ3n) is 2.72. The van der Waals surface area contributed by atoms with Gasteiger partial charge in [0.15, 0.2) is 0 Å². The SMILES string of the molecule is COc1ccc(NC(=O)CCCSc2nccs2)c(N)c1. The number of nitrogens with zero attached hydrogens (tertiary/aromatic N) is 1. The molecule has 2 aromatic rings. The molecule has 1 amide bonds. The van der Waals surface area contributed by atoms with Gasteiger partial charge in [0.05, 0.1) is 18.5 Å². The van der Waals surface area contributed by atoms with Gasteiger partial charge in [0, 0.05) is 29.8 Å². The highest BCUT2D eigenvalue weighted by Gasteiger charge is 2.06. The van der Waals surface area contributed by atoms with Gasteiger partial charge in [-0.1, -0.05) is 11.8 Å². The van der Waals surface area contributed by atoms with Gasteiger partial charge in [-0.3, -0.25) is 4.79 Å². The van der Waals surface area contributed by atoms with E-state index in [4.69, 9.17) is 10.5 Å². The number of carbonyl (C=O) groups is 1. The molecule has 112 valence electrons. The normalized spacial score (nSPS) is 10.3. The molecule has 0 saturated carbocycles. The number of anilines is 2. The van der Waals surface area contributed by atoms with Gasteiger partial charge in [-0.2, -0.15) is 0 Å². The number of rotatable bonds is 7. The number of hydrogen-bond acceptors (Lipinski definition) is 6.